The van der Waals surface area contributed by atoms with E-state index >= 15 is 0 Å². The second-order valence-corrected chi connectivity index (χ2v) is 10.1. The van der Waals surface area contributed by atoms with Crippen molar-refractivity contribution in [1.29, 1.82) is 0 Å². The Morgan fingerprint density at radius 3 is 1.34 bits per heavy atom. The molecule has 0 aliphatic heterocycles. The zero-order valence-corrected chi connectivity index (χ0v) is 22.1. The first-order valence-electron chi connectivity index (χ1n) is 13.8. The van der Waals surface area contributed by atoms with Gasteiger partial charge in [-0.15, -0.1) is 0 Å². The van der Waals surface area contributed by atoms with Crippen molar-refractivity contribution in [3.8, 4) is 0 Å². The Morgan fingerprint density at radius 2 is 1.03 bits per heavy atom. The van der Waals surface area contributed by atoms with Crippen LogP contribution in [0.25, 0.3) is 0 Å². The minimum Gasteiger partial charge on any atom is -0.459 e. The minimum atomic E-state index is -0.349. The van der Waals surface area contributed by atoms with Crippen molar-refractivity contribution in [3.05, 3.63) is 0 Å². The van der Waals surface area contributed by atoms with E-state index in [1.165, 1.54) is 25.7 Å². The second kappa shape index (κ2) is 15.0. The summed E-state index contributed by atoms with van der Waals surface area (Å²) in [5.74, 6) is -0.545. The van der Waals surface area contributed by atoms with Gasteiger partial charge in [-0.05, 0) is 70.6 Å². The summed E-state index contributed by atoms with van der Waals surface area (Å²) in [7, 11) is 0. The fourth-order valence-corrected chi connectivity index (χ4v) is 5.20. The van der Waals surface area contributed by atoms with Gasteiger partial charge in [-0.2, -0.15) is 0 Å². The summed E-state index contributed by atoms with van der Waals surface area (Å²) in [5, 5.41) is 0. The number of carbonyl (C=O) groups excluding carboxylic acids is 2. The van der Waals surface area contributed by atoms with E-state index in [0.717, 1.165) is 70.6 Å². The van der Waals surface area contributed by atoms with E-state index in [2.05, 4.69) is 41.5 Å². The lowest BCUT2D eigenvalue weighted by atomic mass is 9.80. The van der Waals surface area contributed by atoms with Crippen LogP contribution < -0.4 is 0 Å². The Hall–Kier alpha value is -1.06. The molecule has 188 valence electrons. The Morgan fingerprint density at radius 1 is 0.656 bits per heavy atom. The summed E-state index contributed by atoms with van der Waals surface area (Å²) in [6.07, 6.45) is 15.3. The summed E-state index contributed by atoms with van der Waals surface area (Å²) >= 11 is 0. The molecule has 0 bridgehead atoms. The Labute approximate surface area is 198 Å². The molecular formula is C28H52O4. The number of rotatable bonds is 16. The average molecular weight is 453 g/mol. The lowest BCUT2D eigenvalue weighted by Crippen LogP contribution is -2.40. The molecule has 4 heteroatoms. The number of ether oxygens (including phenoxy) is 2. The molecule has 0 N–H and O–H groups in total. The maximum atomic E-state index is 13.1. The normalized spacial score (nSPS) is 19.6. The molecule has 2 atom stereocenters. The van der Waals surface area contributed by atoms with Gasteiger partial charge in [0.1, 0.15) is 11.2 Å². The number of unbranched alkanes of at least 4 members (excludes halogenated alkanes) is 4. The molecule has 0 saturated heterocycles. The third-order valence-corrected chi connectivity index (χ3v) is 8.02. The number of carbonyl (C=O) groups is 2. The second-order valence-electron chi connectivity index (χ2n) is 10.1. The molecule has 0 radical (unpaired) electrons. The average Bonchev–Trinajstić information content (AvgIpc) is 2.83. The molecule has 32 heavy (non-hydrogen) atoms. The molecule has 0 aromatic rings. The first kappa shape index (κ1) is 29.0. The summed E-state index contributed by atoms with van der Waals surface area (Å²) in [6.45, 7) is 12.9. The van der Waals surface area contributed by atoms with Crippen LogP contribution in [0.5, 0.6) is 0 Å². The van der Waals surface area contributed by atoms with Crippen LogP contribution in [0, 0.1) is 11.8 Å². The van der Waals surface area contributed by atoms with E-state index in [0.29, 0.717) is 6.42 Å². The number of esters is 2. The van der Waals surface area contributed by atoms with Crippen LogP contribution in [-0.4, -0.2) is 23.1 Å². The summed E-state index contributed by atoms with van der Waals surface area (Å²) < 4.78 is 12.3. The zero-order valence-electron chi connectivity index (χ0n) is 22.1. The molecule has 0 aromatic heterocycles. The van der Waals surface area contributed by atoms with Crippen molar-refractivity contribution in [3.63, 3.8) is 0 Å². The Balaban J connectivity index is 2.75. The van der Waals surface area contributed by atoms with Crippen LogP contribution in [-0.2, 0) is 19.1 Å². The first-order valence-corrected chi connectivity index (χ1v) is 13.8. The van der Waals surface area contributed by atoms with Gasteiger partial charge in [-0.25, -0.2) is 0 Å². The molecule has 1 fully saturated rings. The van der Waals surface area contributed by atoms with E-state index in [4.69, 9.17) is 9.47 Å². The maximum absolute atomic E-state index is 13.1. The van der Waals surface area contributed by atoms with Gasteiger partial charge in [0.15, 0.2) is 0 Å². The van der Waals surface area contributed by atoms with Crippen LogP contribution in [0.2, 0.25) is 0 Å². The molecule has 2 unspecified atom stereocenters. The Kier molecular flexibility index (Phi) is 13.5. The summed E-state index contributed by atoms with van der Waals surface area (Å²) in [4.78, 5) is 26.3. The Bertz CT molecular complexity index is 488. The van der Waals surface area contributed by atoms with Gasteiger partial charge < -0.3 is 9.47 Å². The zero-order chi connectivity index (χ0) is 24.0. The third kappa shape index (κ3) is 8.71. The molecule has 0 heterocycles. The molecule has 0 amide bonds. The number of hydrogen-bond donors (Lipinski definition) is 0. The monoisotopic (exact) mass is 452 g/mol. The van der Waals surface area contributed by atoms with Crippen molar-refractivity contribution >= 4 is 11.9 Å². The van der Waals surface area contributed by atoms with Gasteiger partial charge in [0.2, 0.25) is 0 Å². The number of hydrogen-bond acceptors (Lipinski definition) is 4. The van der Waals surface area contributed by atoms with Crippen LogP contribution in [0.3, 0.4) is 0 Å². The third-order valence-electron chi connectivity index (χ3n) is 8.02. The van der Waals surface area contributed by atoms with Gasteiger partial charge >= 0.3 is 11.9 Å². The van der Waals surface area contributed by atoms with E-state index in [1.54, 1.807) is 0 Å². The van der Waals surface area contributed by atoms with Crippen molar-refractivity contribution in [2.24, 2.45) is 11.8 Å². The molecule has 4 nitrogen and oxygen atoms in total. The predicted molar refractivity (Wildman–Crippen MR) is 133 cm³/mol. The van der Waals surface area contributed by atoms with E-state index < -0.39 is 0 Å². The summed E-state index contributed by atoms with van der Waals surface area (Å²) in [6, 6.07) is 0. The van der Waals surface area contributed by atoms with E-state index in [1.807, 2.05) is 0 Å². The first-order chi connectivity index (χ1) is 15.3. The molecule has 1 rings (SSSR count). The SMILES string of the molecule is CCCCCC(CC)(CC)OC(=O)C1CCCC(C(=O)OC(CC)(CC)CCCCC)C1. The molecular weight excluding hydrogens is 400 g/mol. The highest BCUT2D eigenvalue weighted by molar-refractivity contribution is 5.77. The lowest BCUT2D eigenvalue weighted by molar-refractivity contribution is -0.173. The van der Waals surface area contributed by atoms with Gasteiger partial charge in [-0.3, -0.25) is 9.59 Å². The smallest absolute Gasteiger partial charge is 0.309 e. The van der Waals surface area contributed by atoms with Crippen LogP contribution in [0.15, 0.2) is 0 Å². The van der Waals surface area contributed by atoms with Crippen LogP contribution in [0.4, 0.5) is 0 Å². The van der Waals surface area contributed by atoms with Gasteiger partial charge in [0.25, 0.3) is 0 Å². The largest absolute Gasteiger partial charge is 0.459 e. The highest BCUT2D eigenvalue weighted by Gasteiger charge is 2.39. The van der Waals surface area contributed by atoms with E-state index in [-0.39, 0.29) is 35.0 Å². The van der Waals surface area contributed by atoms with E-state index in [9.17, 15) is 9.59 Å². The van der Waals surface area contributed by atoms with Crippen molar-refractivity contribution in [2.45, 2.75) is 155 Å². The van der Waals surface area contributed by atoms with Crippen molar-refractivity contribution in [1.82, 2.24) is 0 Å². The topological polar surface area (TPSA) is 52.6 Å². The standard InChI is InChI=1S/C28H52O4/c1-7-13-15-20-27(9-3,10-4)31-25(29)23-18-17-19-24(22-23)26(30)32-28(11-5,12-6)21-16-14-8-2/h23-24H,7-22H2,1-6H3. The predicted octanol–water partition coefficient (Wildman–Crippen LogP) is 8.16. The molecule has 0 aromatic carbocycles. The van der Waals surface area contributed by atoms with Gasteiger partial charge in [0, 0.05) is 0 Å². The summed E-state index contributed by atoms with van der Waals surface area (Å²) in [5.41, 5.74) is -0.697. The molecule has 1 aliphatic rings. The van der Waals surface area contributed by atoms with Crippen molar-refractivity contribution < 1.29 is 19.1 Å². The molecule has 1 saturated carbocycles. The highest BCUT2D eigenvalue weighted by Crippen LogP contribution is 2.36. The minimum absolute atomic E-state index is 0.0945. The quantitative estimate of drug-likeness (QED) is 0.175. The fraction of sp³-hybridized carbons (Fsp3) is 0.929. The fourth-order valence-electron chi connectivity index (χ4n) is 5.20. The van der Waals surface area contributed by atoms with Crippen LogP contribution in [0.1, 0.15) is 144 Å². The lowest BCUT2D eigenvalue weighted by Gasteiger charge is -2.36. The maximum Gasteiger partial charge on any atom is 0.309 e. The molecule has 0 spiro atoms. The van der Waals surface area contributed by atoms with Crippen molar-refractivity contribution in [2.75, 3.05) is 0 Å². The van der Waals surface area contributed by atoms with Gasteiger partial charge in [-0.1, -0.05) is 73.6 Å². The molecule has 1 aliphatic carbocycles. The highest BCUT2D eigenvalue weighted by atomic mass is 16.6. The van der Waals surface area contributed by atoms with Gasteiger partial charge in [0.05, 0.1) is 11.8 Å². The van der Waals surface area contributed by atoms with Crippen LogP contribution >= 0.6 is 0 Å².